The van der Waals surface area contributed by atoms with E-state index in [4.69, 9.17) is 5.26 Å². The molecule has 2 aromatic heterocycles. The van der Waals surface area contributed by atoms with Crippen LogP contribution < -0.4 is 0 Å². The van der Waals surface area contributed by atoms with Gasteiger partial charge in [0.1, 0.15) is 5.82 Å². The van der Waals surface area contributed by atoms with Crippen molar-refractivity contribution in [3.63, 3.8) is 0 Å². The maximum Gasteiger partial charge on any atom is 0.339 e. The third kappa shape index (κ3) is 1.70. The Morgan fingerprint density at radius 1 is 1.69 bits per heavy atom. The zero-order chi connectivity index (χ0) is 11.5. The lowest BCUT2D eigenvalue weighted by atomic mass is 10.3. The first-order valence-corrected chi connectivity index (χ1v) is 4.54. The summed E-state index contributed by atoms with van der Waals surface area (Å²) in [6.45, 7) is 0. The topological polar surface area (TPSA) is 91.7 Å². The number of aromatic nitrogens is 3. The molecule has 0 bridgehead atoms. The minimum atomic E-state index is -0.453. The molecule has 2 heterocycles. The highest BCUT2D eigenvalue weighted by Gasteiger charge is 2.09. The van der Waals surface area contributed by atoms with Gasteiger partial charge in [-0.25, -0.2) is 14.8 Å². The maximum atomic E-state index is 11.2. The Bertz CT molecular complexity index is 582. The van der Waals surface area contributed by atoms with Crippen LogP contribution >= 0.6 is 0 Å². The molecule has 6 nitrogen and oxygen atoms in total. The minimum Gasteiger partial charge on any atom is -0.465 e. The first-order valence-electron chi connectivity index (χ1n) is 4.54. The van der Waals surface area contributed by atoms with Crippen molar-refractivity contribution in [2.75, 3.05) is 7.11 Å². The molecular formula is C10H8N4O2. The van der Waals surface area contributed by atoms with E-state index >= 15 is 0 Å². The molecule has 0 atom stereocenters. The van der Waals surface area contributed by atoms with Crippen LogP contribution in [0.1, 0.15) is 16.2 Å². The van der Waals surface area contributed by atoms with E-state index in [0.29, 0.717) is 22.6 Å². The Labute approximate surface area is 90.9 Å². The molecule has 0 aliphatic heterocycles. The molecule has 80 valence electrons. The van der Waals surface area contributed by atoms with E-state index in [1.807, 2.05) is 6.07 Å². The lowest BCUT2D eigenvalue weighted by Gasteiger charge is -1.96. The highest BCUT2D eigenvalue weighted by atomic mass is 16.5. The van der Waals surface area contributed by atoms with Gasteiger partial charge in [0.15, 0.2) is 5.65 Å². The summed E-state index contributed by atoms with van der Waals surface area (Å²) >= 11 is 0. The monoisotopic (exact) mass is 216 g/mol. The molecule has 0 fully saturated rings. The number of esters is 1. The number of fused-ring (bicyclic) bond motifs is 1. The zero-order valence-electron chi connectivity index (χ0n) is 8.52. The number of methoxy groups -OCH3 is 1. The Balaban J connectivity index is 2.46. The van der Waals surface area contributed by atoms with E-state index in [-0.39, 0.29) is 6.42 Å². The number of hydrogen-bond acceptors (Lipinski definition) is 5. The number of hydrogen-bond donors (Lipinski definition) is 1. The van der Waals surface area contributed by atoms with Crippen LogP contribution in [0.25, 0.3) is 11.2 Å². The molecule has 0 amide bonds. The van der Waals surface area contributed by atoms with E-state index < -0.39 is 5.97 Å². The van der Waals surface area contributed by atoms with Gasteiger partial charge in [0.05, 0.1) is 30.7 Å². The smallest absolute Gasteiger partial charge is 0.339 e. The van der Waals surface area contributed by atoms with E-state index in [1.54, 1.807) is 6.07 Å². The molecule has 0 saturated heterocycles. The van der Waals surface area contributed by atoms with Gasteiger partial charge in [-0.15, -0.1) is 0 Å². The lowest BCUT2D eigenvalue weighted by Crippen LogP contribution is -2.01. The Morgan fingerprint density at radius 3 is 3.19 bits per heavy atom. The third-order valence-electron chi connectivity index (χ3n) is 2.05. The van der Waals surface area contributed by atoms with Crippen molar-refractivity contribution in [2.45, 2.75) is 6.42 Å². The molecule has 6 heteroatoms. The van der Waals surface area contributed by atoms with Crippen LogP contribution in [-0.2, 0) is 11.2 Å². The fourth-order valence-corrected chi connectivity index (χ4v) is 1.34. The Hall–Kier alpha value is -2.42. The molecule has 0 saturated carbocycles. The molecule has 2 aromatic rings. The number of H-pyrrole nitrogens is 1. The largest absolute Gasteiger partial charge is 0.465 e. The predicted octanol–water partition coefficient (Wildman–Crippen LogP) is 0.811. The van der Waals surface area contributed by atoms with Crippen molar-refractivity contribution < 1.29 is 9.53 Å². The number of nitriles is 1. The molecule has 1 N–H and O–H groups in total. The van der Waals surface area contributed by atoms with Gasteiger partial charge in [-0.3, -0.25) is 0 Å². The van der Waals surface area contributed by atoms with Crippen molar-refractivity contribution in [3.05, 3.63) is 23.7 Å². The number of carbonyl (C=O) groups excluding carboxylic acids is 1. The molecule has 2 rings (SSSR count). The number of carbonyl (C=O) groups is 1. The second kappa shape index (κ2) is 3.98. The van der Waals surface area contributed by atoms with E-state index in [2.05, 4.69) is 19.7 Å². The quantitative estimate of drug-likeness (QED) is 0.750. The normalized spacial score (nSPS) is 10.0. The maximum absolute atomic E-state index is 11.2. The van der Waals surface area contributed by atoms with Crippen molar-refractivity contribution in [1.82, 2.24) is 15.0 Å². The summed E-state index contributed by atoms with van der Waals surface area (Å²) in [5.41, 5.74) is 1.45. The van der Waals surface area contributed by atoms with E-state index in [9.17, 15) is 4.79 Å². The van der Waals surface area contributed by atoms with Crippen LogP contribution in [-0.4, -0.2) is 28.0 Å². The number of ether oxygens (including phenoxy) is 1. The zero-order valence-corrected chi connectivity index (χ0v) is 8.52. The second-order valence-electron chi connectivity index (χ2n) is 3.11. The fraction of sp³-hybridized carbons (Fsp3) is 0.200. The summed E-state index contributed by atoms with van der Waals surface area (Å²) in [5.74, 6) is 0.0813. The van der Waals surface area contributed by atoms with Gasteiger partial charge >= 0.3 is 5.97 Å². The first-order chi connectivity index (χ1) is 7.74. The summed E-state index contributed by atoms with van der Waals surface area (Å²) < 4.78 is 4.57. The molecule has 0 aliphatic carbocycles. The number of nitrogens with zero attached hydrogens (tertiary/aromatic N) is 3. The van der Waals surface area contributed by atoms with Crippen LogP contribution in [0, 0.1) is 11.3 Å². The number of rotatable bonds is 2. The average molecular weight is 216 g/mol. The summed E-state index contributed by atoms with van der Waals surface area (Å²) in [6.07, 6.45) is 1.58. The molecule has 0 aromatic carbocycles. The molecule has 0 radical (unpaired) electrons. The van der Waals surface area contributed by atoms with E-state index in [0.717, 1.165) is 0 Å². The van der Waals surface area contributed by atoms with Crippen molar-refractivity contribution in [3.8, 4) is 6.07 Å². The van der Waals surface area contributed by atoms with Crippen LogP contribution in [0.5, 0.6) is 0 Å². The molecule has 0 aliphatic rings. The summed E-state index contributed by atoms with van der Waals surface area (Å²) in [4.78, 5) is 22.2. The van der Waals surface area contributed by atoms with Gasteiger partial charge in [-0.05, 0) is 6.07 Å². The van der Waals surface area contributed by atoms with Crippen LogP contribution in [0.2, 0.25) is 0 Å². The lowest BCUT2D eigenvalue weighted by molar-refractivity contribution is 0.0600. The van der Waals surface area contributed by atoms with Gasteiger partial charge in [0, 0.05) is 6.20 Å². The van der Waals surface area contributed by atoms with Gasteiger partial charge < -0.3 is 9.72 Å². The SMILES string of the molecule is COC(=O)c1cnc2nc(CC#N)[nH]c2c1. The van der Waals surface area contributed by atoms with Gasteiger partial charge in [-0.2, -0.15) is 5.26 Å². The van der Waals surface area contributed by atoms with Crippen LogP contribution in [0.3, 0.4) is 0 Å². The van der Waals surface area contributed by atoms with Crippen LogP contribution in [0.15, 0.2) is 12.3 Å². The standard InChI is InChI=1S/C10H8N4O2/c1-16-10(15)6-4-7-9(12-5-6)14-8(13-7)2-3-11/h4-5H,2H2,1H3,(H,12,13,14). The number of imidazole rings is 1. The fourth-order valence-electron chi connectivity index (χ4n) is 1.34. The molecule has 16 heavy (non-hydrogen) atoms. The molecular weight excluding hydrogens is 208 g/mol. The third-order valence-corrected chi connectivity index (χ3v) is 2.05. The van der Waals surface area contributed by atoms with Crippen molar-refractivity contribution in [1.29, 1.82) is 5.26 Å². The second-order valence-corrected chi connectivity index (χ2v) is 3.11. The van der Waals surface area contributed by atoms with Crippen LogP contribution in [0.4, 0.5) is 0 Å². The van der Waals surface area contributed by atoms with E-state index in [1.165, 1.54) is 13.3 Å². The average Bonchev–Trinajstić information content (AvgIpc) is 2.69. The number of aromatic amines is 1. The predicted molar refractivity (Wildman–Crippen MR) is 54.5 cm³/mol. The highest BCUT2D eigenvalue weighted by molar-refractivity contribution is 5.92. The molecule has 0 spiro atoms. The van der Waals surface area contributed by atoms with Crippen molar-refractivity contribution >= 4 is 17.1 Å². The van der Waals surface area contributed by atoms with Gasteiger partial charge in [0.25, 0.3) is 0 Å². The molecule has 0 unspecified atom stereocenters. The Morgan fingerprint density at radius 2 is 2.50 bits per heavy atom. The van der Waals surface area contributed by atoms with Crippen molar-refractivity contribution in [2.24, 2.45) is 0 Å². The number of nitrogens with one attached hydrogen (secondary N) is 1. The summed E-state index contributed by atoms with van der Waals surface area (Å²) in [7, 11) is 1.31. The van der Waals surface area contributed by atoms with Gasteiger partial charge in [-0.1, -0.05) is 0 Å². The number of pyridine rings is 1. The van der Waals surface area contributed by atoms with Gasteiger partial charge in [0.2, 0.25) is 0 Å². The first kappa shape index (κ1) is 10.1. The minimum absolute atomic E-state index is 0.184. The summed E-state index contributed by atoms with van der Waals surface area (Å²) in [6, 6.07) is 3.58. The highest BCUT2D eigenvalue weighted by Crippen LogP contribution is 2.11. The summed E-state index contributed by atoms with van der Waals surface area (Å²) in [5, 5.41) is 8.52. The Kier molecular flexibility index (Phi) is 2.52.